The number of piperidine rings is 1. The SMILES string of the molecule is CN(C)C(=O)CN1CCC(NCc2ccc(-c3ccccc3)o2)CC1. The van der Waals surface area contributed by atoms with Gasteiger partial charge in [-0.25, -0.2) is 0 Å². The summed E-state index contributed by atoms with van der Waals surface area (Å²) >= 11 is 0. The summed E-state index contributed by atoms with van der Waals surface area (Å²) in [5.74, 6) is 2.05. The Bertz CT molecular complexity index is 673. The summed E-state index contributed by atoms with van der Waals surface area (Å²) in [6.07, 6.45) is 2.12. The molecule has 0 bridgehead atoms. The van der Waals surface area contributed by atoms with E-state index in [1.165, 1.54) is 0 Å². The molecule has 5 heteroatoms. The third kappa shape index (κ3) is 4.94. The van der Waals surface area contributed by atoms with Crippen LogP contribution in [0.5, 0.6) is 0 Å². The van der Waals surface area contributed by atoms with Gasteiger partial charge in [-0.2, -0.15) is 0 Å². The molecule has 5 nitrogen and oxygen atoms in total. The number of nitrogens with one attached hydrogen (secondary N) is 1. The minimum atomic E-state index is 0.176. The zero-order valence-electron chi connectivity index (χ0n) is 15.1. The lowest BCUT2D eigenvalue weighted by molar-refractivity contribution is -0.130. The molecule has 2 aromatic rings. The van der Waals surface area contributed by atoms with Crippen molar-refractivity contribution in [3.8, 4) is 11.3 Å². The molecule has 25 heavy (non-hydrogen) atoms. The van der Waals surface area contributed by atoms with Crippen molar-refractivity contribution in [2.24, 2.45) is 0 Å². The van der Waals surface area contributed by atoms with Crippen molar-refractivity contribution in [3.05, 3.63) is 48.2 Å². The van der Waals surface area contributed by atoms with Gasteiger partial charge >= 0.3 is 0 Å². The summed E-state index contributed by atoms with van der Waals surface area (Å²) in [7, 11) is 3.62. The molecule has 1 saturated heterocycles. The number of hydrogen-bond donors (Lipinski definition) is 1. The fourth-order valence-corrected chi connectivity index (χ4v) is 3.10. The maximum absolute atomic E-state index is 11.8. The average Bonchev–Trinajstić information content (AvgIpc) is 3.11. The quantitative estimate of drug-likeness (QED) is 0.877. The minimum Gasteiger partial charge on any atom is -0.460 e. The van der Waals surface area contributed by atoms with Crippen LogP contribution in [0.4, 0.5) is 0 Å². The van der Waals surface area contributed by atoms with Crippen molar-refractivity contribution >= 4 is 5.91 Å². The van der Waals surface area contributed by atoms with E-state index >= 15 is 0 Å². The summed E-state index contributed by atoms with van der Waals surface area (Å²) in [5, 5.41) is 3.58. The summed E-state index contributed by atoms with van der Waals surface area (Å²) in [6, 6.07) is 14.7. The highest BCUT2D eigenvalue weighted by Gasteiger charge is 2.21. The molecule has 1 fully saturated rings. The van der Waals surface area contributed by atoms with Gasteiger partial charge in [0.15, 0.2) is 0 Å². The Labute approximate surface area is 149 Å². The van der Waals surface area contributed by atoms with Gasteiger partial charge in [0.2, 0.25) is 5.91 Å². The first-order valence-corrected chi connectivity index (χ1v) is 8.92. The number of rotatable bonds is 6. The third-order valence-corrected chi connectivity index (χ3v) is 4.73. The van der Waals surface area contributed by atoms with Crippen LogP contribution in [0.1, 0.15) is 18.6 Å². The molecule has 0 radical (unpaired) electrons. The van der Waals surface area contributed by atoms with E-state index in [9.17, 15) is 4.79 Å². The maximum Gasteiger partial charge on any atom is 0.236 e. The zero-order valence-corrected chi connectivity index (χ0v) is 15.1. The van der Waals surface area contributed by atoms with Crippen LogP contribution in [-0.2, 0) is 11.3 Å². The van der Waals surface area contributed by atoms with Crippen molar-refractivity contribution in [1.29, 1.82) is 0 Å². The fourth-order valence-electron chi connectivity index (χ4n) is 3.10. The number of carbonyl (C=O) groups is 1. The van der Waals surface area contributed by atoms with E-state index < -0.39 is 0 Å². The second-order valence-corrected chi connectivity index (χ2v) is 6.85. The normalized spacial score (nSPS) is 16.1. The smallest absolute Gasteiger partial charge is 0.236 e. The fraction of sp³-hybridized carbons (Fsp3) is 0.450. The number of furan rings is 1. The molecule has 1 amide bonds. The third-order valence-electron chi connectivity index (χ3n) is 4.73. The molecule has 1 aromatic carbocycles. The summed E-state index contributed by atoms with van der Waals surface area (Å²) in [5.41, 5.74) is 1.10. The molecule has 0 saturated carbocycles. The van der Waals surface area contributed by atoms with E-state index in [1.54, 1.807) is 4.90 Å². The minimum absolute atomic E-state index is 0.176. The Morgan fingerprint density at radius 3 is 2.56 bits per heavy atom. The number of carbonyl (C=O) groups excluding carboxylic acids is 1. The van der Waals surface area contributed by atoms with Crippen LogP contribution in [0.15, 0.2) is 46.9 Å². The molecule has 0 aliphatic carbocycles. The molecule has 134 valence electrons. The largest absolute Gasteiger partial charge is 0.460 e. The van der Waals surface area contributed by atoms with Gasteiger partial charge in [-0.1, -0.05) is 30.3 Å². The van der Waals surface area contributed by atoms with Crippen LogP contribution in [0.25, 0.3) is 11.3 Å². The Balaban J connectivity index is 1.43. The van der Waals surface area contributed by atoms with Crippen molar-refractivity contribution in [3.63, 3.8) is 0 Å². The molecule has 1 aliphatic heterocycles. The highest BCUT2D eigenvalue weighted by atomic mass is 16.3. The first-order valence-electron chi connectivity index (χ1n) is 8.92. The van der Waals surface area contributed by atoms with E-state index in [2.05, 4.69) is 22.3 Å². The number of likely N-dealkylation sites (tertiary alicyclic amines) is 1. The van der Waals surface area contributed by atoms with Gasteiger partial charge in [0, 0.05) is 38.8 Å². The van der Waals surface area contributed by atoms with E-state index in [1.807, 2.05) is 44.4 Å². The predicted octanol–water partition coefficient (Wildman–Crippen LogP) is 2.59. The number of hydrogen-bond acceptors (Lipinski definition) is 4. The van der Waals surface area contributed by atoms with Gasteiger partial charge in [-0.3, -0.25) is 9.69 Å². The maximum atomic E-state index is 11.8. The Hall–Kier alpha value is -2.11. The molecule has 1 N–H and O–H groups in total. The molecule has 0 spiro atoms. The van der Waals surface area contributed by atoms with Gasteiger partial charge < -0.3 is 14.6 Å². The van der Waals surface area contributed by atoms with Gasteiger partial charge in [0.05, 0.1) is 13.1 Å². The molecule has 0 atom stereocenters. The molecule has 1 aliphatic rings. The van der Waals surface area contributed by atoms with Gasteiger partial charge in [0.25, 0.3) is 0 Å². The first kappa shape index (κ1) is 17.7. The second kappa shape index (κ2) is 8.32. The van der Waals surface area contributed by atoms with Crippen molar-refractivity contribution < 1.29 is 9.21 Å². The second-order valence-electron chi connectivity index (χ2n) is 6.85. The molecule has 2 heterocycles. The van der Waals surface area contributed by atoms with E-state index in [0.29, 0.717) is 12.6 Å². The molecular formula is C20H27N3O2. The van der Waals surface area contributed by atoms with Crippen LogP contribution in [0, 0.1) is 0 Å². The van der Waals surface area contributed by atoms with E-state index in [0.717, 1.165) is 49.6 Å². The molecule has 0 unspecified atom stereocenters. The summed E-state index contributed by atoms with van der Waals surface area (Å²) in [4.78, 5) is 15.7. The van der Waals surface area contributed by atoms with Gasteiger partial charge in [-0.05, 0) is 25.0 Å². The van der Waals surface area contributed by atoms with Crippen molar-refractivity contribution in [2.45, 2.75) is 25.4 Å². The van der Waals surface area contributed by atoms with E-state index in [4.69, 9.17) is 4.42 Å². The molecule has 1 aromatic heterocycles. The summed E-state index contributed by atoms with van der Waals surface area (Å²) < 4.78 is 5.94. The van der Waals surface area contributed by atoms with Crippen LogP contribution >= 0.6 is 0 Å². The highest BCUT2D eigenvalue weighted by molar-refractivity contribution is 5.77. The van der Waals surface area contributed by atoms with Crippen LogP contribution in [0.3, 0.4) is 0 Å². The predicted molar refractivity (Wildman–Crippen MR) is 99.1 cm³/mol. The van der Waals surface area contributed by atoms with Crippen LogP contribution < -0.4 is 5.32 Å². The lowest BCUT2D eigenvalue weighted by Gasteiger charge is -2.32. The highest BCUT2D eigenvalue weighted by Crippen LogP contribution is 2.22. The molecule has 3 rings (SSSR count). The monoisotopic (exact) mass is 341 g/mol. The lowest BCUT2D eigenvalue weighted by Crippen LogP contribution is -2.45. The Kier molecular flexibility index (Phi) is 5.89. The standard InChI is InChI=1S/C20H27N3O2/c1-22(2)20(24)15-23-12-10-17(11-13-23)21-14-18-8-9-19(25-18)16-6-4-3-5-7-16/h3-9,17,21H,10-15H2,1-2H3. The van der Waals surface area contributed by atoms with Gasteiger partial charge in [0.1, 0.15) is 11.5 Å². The van der Waals surface area contributed by atoms with Gasteiger partial charge in [-0.15, -0.1) is 0 Å². The van der Waals surface area contributed by atoms with Crippen molar-refractivity contribution in [2.75, 3.05) is 33.7 Å². The number of likely N-dealkylation sites (N-methyl/N-ethyl adjacent to an activating group) is 1. The van der Waals surface area contributed by atoms with Crippen molar-refractivity contribution in [1.82, 2.24) is 15.1 Å². The van der Waals surface area contributed by atoms with Crippen LogP contribution in [-0.4, -0.2) is 55.5 Å². The summed E-state index contributed by atoms with van der Waals surface area (Å²) in [6.45, 7) is 3.20. The molecular weight excluding hydrogens is 314 g/mol. The first-order chi connectivity index (χ1) is 12.1. The Morgan fingerprint density at radius 2 is 1.88 bits per heavy atom. The van der Waals surface area contributed by atoms with E-state index in [-0.39, 0.29) is 5.91 Å². The zero-order chi connectivity index (χ0) is 17.6. The lowest BCUT2D eigenvalue weighted by atomic mass is 10.0. The number of nitrogens with zero attached hydrogens (tertiary/aromatic N) is 2. The van der Waals surface area contributed by atoms with Crippen LogP contribution in [0.2, 0.25) is 0 Å². The topological polar surface area (TPSA) is 48.7 Å². The number of benzene rings is 1. The number of amides is 1. The average molecular weight is 341 g/mol. The Morgan fingerprint density at radius 1 is 1.16 bits per heavy atom.